The molecular weight excluding hydrogens is 244 g/mol. The van der Waals surface area contributed by atoms with Crippen LogP contribution in [0.4, 0.5) is 0 Å². The molecule has 1 aromatic rings. The standard InChI is InChI=1S/C15H20O4/c1-10-14(17)13(9-16)19-12(15(10)18-2)8-11-6-4-3-5-7-11/h3-7,12-17H,1,8-9H2,2H3/t12-,13+,14-,15+/m0/s1. The van der Waals surface area contributed by atoms with Gasteiger partial charge >= 0.3 is 0 Å². The Kier molecular flexibility index (Phi) is 4.71. The molecule has 1 aliphatic rings. The molecule has 19 heavy (non-hydrogen) atoms. The molecule has 1 aromatic carbocycles. The van der Waals surface area contributed by atoms with Gasteiger partial charge in [-0.2, -0.15) is 0 Å². The largest absolute Gasteiger partial charge is 0.394 e. The summed E-state index contributed by atoms with van der Waals surface area (Å²) in [6, 6.07) is 9.91. The summed E-state index contributed by atoms with van der Waals surface area (Å²) in [5, 5.41) is 19.2. The Hall–Kier alpha value is -1.20. The van der Waals surface area contributed by atoms with Crippen molar-refractivity contribution < 1.29 is 19.7 Å². The Bertz CT molecular complexity index is 417. The Morgan fingerprint density at radius 2 is 1.95 bits per heavy atom. The predicted octanol–water partition coefficient (Wildman–Crippen LogP) is 0.921. The summed E-state index contributed by atoms with van der Waals surface area (Å²) in [6.45, 7) is 3.64. The van der Waals surface area contributed by atoms with E-state index in [1.54, 1.807) is 7.11 Å². The minimum absolute atomic E-state index is 0.234. The van der Waals surface area contributed by atoms with Crippen molar-refractivity contribution in [3.63, 3.8) is 0 Å². The summed E-state index contributed by atoms with van der Waals surface area (Å²) in [5.41, 5.74) is 1.68. The zero-order valence-corrected chi connectivity index (χ0v) is 11.0. The lowest BCUT2D eigenvalue weighted by Gasteiger charge is -2.40. The highest BCUT2D eigenvalue weighted by Gasteiger charge is 2.39. The number of aliphatic hydroxyl groups is 2. The van der Waals surface area contributed by atoms with Crippen LogP contribution in [0, 0.1) is 0 Å². The third kappa shape index (κ3) is 3.04. The first-order valence-corrected chi connectivity index (χ1v) is 6.37. The fourth-order valence-electron chi connectivity index (χ4n) is 2.46. The molecule has 104 valence electrons. The van der Waals surface area contributed by atoms with E-state index in [2.05, 4.69) is 6.58 Å². The van der Waals surface area contributed by atoms with Crippen LogP contribution < -0.4 is 0 Å². The third-order valence-electron chi connectivity index (χ3n) is 3.50. The van der Waals surface area contributed by atoms with Gasteiger partial charge in [-0.05, 0) is 11.1 Å². The SMILES string of the molecule is C=C1[C@@H](OC)[C@H](Cc2ccccc2)O[C@H](CO)[C@H]1O. The van der Waals surface area contributed by atoms with Crippen LogP contribution in [0.3, 0.4) is 0 Å². The highest BCUT2D eigenvalue weighted by Crippen LogP contribution is 2.28. The second-order valence-electron chi connectivity index (χ2n) is 4.76. The van der Waals surface area contributed by atoms with Crippen LogP contribution in [0.15, 0.2) is 42.5 Å². The van der Waals surface area contributed by atoms with Crippen molar-refractivity contribution in [2.24, 2.45) is 0 Å². The van der Waals surface area contributed by atoms with Gasteiger partial charge in [0.15, 0.2) is 0 Å². The maximum atomic E-state index is 9.96. The Balaban J connectivity index is 2.15. The summed E-state index contributed by atoms with van der Waals surface area (Å²) in [4.78, 5) is 0. The monoisotopic (exact) mass is 264 g/mol. The highest BCUT2D eigenvalue weighted by atomic mass is 16.6. The number of rotatable bonds is 4. The molecule has 0 bridgehead atoms. The molecule has 4 heteroatoms. The van der Waals surface area contributed by atoms with Gasteiger partial charge in [0.25, 0.3) is 0 Å². The van der Waals surface area contributed by atoms with E-state index in [9.17, 15) is 10.2 Å². The molecule has 1 aliphatic heterocycles. The topological polar surface area (TPSA) is 58.9 Å². The fourth-order valence-corrected chi connectivity index (χ4v) is 2.46. The molecule has 1 fully saturated rings. The zero-order valence-electron chi connectivity index (χ0n) is 11.0. The highest BCUT2D eigenvalue weighted by molar-refractivity contribution is 5.21. The first-order chi connectivity index (χ1) is 9.17. The van der Waals surface area contributed by atoms with E-state index in [-0.39, 0.29) is 18.8 Å². The predicted molar refractivity (Wildman–Crippen MR) is 71.8 cm³/mol. The van der Waals surface area contributed by atoms with Crippen LogP contribution in [0.5, 0.6) is 0 Å². The molecule has 2 N–H and O–H groups in total. The summed E-state index contributed by atoms with van der Waals surface area (Å²) >= 11 is 0. The van der Waals surface area contributed by atoms with Crippen LogP contribution in [-0.2, 0) is 15.9 Å². The van der Waals surface area contributed by atoms with Gasteiger partial charge in [-0.25, -0.2) is 0 Å². The molecule has 0 unspecified atom stereocenters. The average molecular weight is 264 g/mol. The maximum Gasteiger partial charge on any atom is 0.111 e. The molecule has 2 rings (SSSR count). The van der Waals surface area contributed by atoms with Crippen molar-refractivity contribution in [2.75, 3.05) is 13.7 Å². The van der Waals surface area contributed by atoms with Gasteiger partial charge in [0.1, 0.15) is 18.3 Å². The van der Waals surface area contributed by atoms with E-state index >= 15 is 0 Å². The van der Waals surface area contributed by atoms with Crippen LogP contribution in [0.1, 0.15) is 5.56 Å². The van der Waals surface area contributed by atoms with Gasteiger partial charge in [0.2, 0.25) is 0 Å². The number of hydrogen-bond acceptors (Lipinski definition) is 4. The minimum Gasteiger partial charge on any atom is -0.394 e. The average Bonchev–Trinajstić information content (AvgIpc) is 2.44. The summed E-state index contributed by atoms with van der Waals surface area (Å²) in [7, 11) is 1.57. The molecule has 0 aliphatic carbocycles. The van der Waals surface area contributed by atoms with Gasteiger partial charge in [-0.3, -0.25) is 0 Å². The first-order valence-electron chi connectivity index (χ1n) is 6.37. The molecule has 0 radical (unpaired) electrons. The Morgan fingerprint density at radius 3 is 2.53 bits per heavy atom. The van der Waals surface area contributed by atoms with E-state index < -0.39 is 12.2 Å². The summed E-state index contributed by atoms with van der Waals surface area (Å²) in [6.07, 6.45) is -1.48. The quantitative estimate of drug-likeness (QED) is 0.794. The number of benzene rings is 1. The lowest BCUT2D eigenvalue weighted by molar-refractivity contribution is -0.156. The molecule has 4 nitrogen and oxygen atoms in total. The second kappa shape index (κ2) is 6.30. The number of ether oxygens (including phenoxy) is 2. The number of aliphatic hydroxyl groups excluding tert-OH is 2. The Labute approximate surface area is 113 Å². The third-order valence-corrected chi connectivity index (χ3v) is 3.50. The maximum absolute atomic E-state index is 9.96. The van der Waals surface area contributed by atoms with Crippen molar-refractivity contribution in [2.45, 2.75) is 30.8 Å². The molecule has 0 spiro atoms. The molecule has 1 heterocycles. The smallest absolute Gasteiger partial charge is 0.111 e. The van der Waals surface area contributed by atoms with E-state index in [0.29, 0.717) is 12.0 Å². The van der Waals surface area contributed by atoms with Crippen LogP contribution in [0.2, 0.25) is 0 Å². The van der Waals surface area contributed by atoms with Crippen molar-refractivity contribution in [1.82, 2.24) is 0 Å². The van der Waals surface area contributed by atoms with Crippen LogP contribution in [0.25, 0.3) is 0 Å². The van der Waals surface area contributed by atoms with E-state index in [4.69, 9.17) is 9.47 Å². The lowest BCUT2D eigenvalue weighted by Crippen LogP contribution is -2.51. The molecule has 4 atom stereocenters. The summed E-state index contributed by atoms with van der Waals surface area (Å²) in [5.74, 6) is 0. The van der Waals surface area contributed by atoms with Gasteiger partial charge in [0.05, 0.1) is 12.7 Å². The van der Waals surface area contributed by atoms with Gasteiger partial charge in [-0.1, -0.05) is 36.9 Å². The fraction of sp³-hybridized carbons (Fsp3) is 0.467. The molecule has 0 aromatic heterocycles. The van der Waals surface area contributed by atoms with Crippen molar-refractivity contribution in [1.29, 1.82) is 0 Å². The normalized spacial score (nSPS) is 31.4. The summed E-state index contributed by atoms with van der Waals surface area (Å²) < 4.78 is 11.1. The van der Waals surface area contributed by atoms with Gasteiger partial charge in [-0.15, -0.1) is 0 Å². The molecule has 0 amide bonds. The van der Waals surface area contributed by atoms with Crippen molar-refractivity contribution in [3.8, 4) is 0 Å². The number of methoxy groups -OCH3 is 1. The second-order valence-corrected chi connectivity index (χ2v) is 4.76. The molecular formula is C15H20O4. The van der Waals surface area contributed by atoms with Crippen molar-refractivity contribution >= 4 is 0 Å². The van der Waals surface area contributed by atoms with Crippen LogP contribution >= 0.6 is 0 Å². The molecule has 0 saturated carbocycles. The van der Waals surface area contributed by atoms with E-state index in [1.165, 1.54) is 0 Å². The number of hydrogen-bond donors (Lipinski definition) is 2. The van der Waals surface area contributed by atoms with Gasteiger partial charge in [0, 0.05) is 13.5 Å². The van der Waals surface area contributed by atoms with Crippen molar-refractivity contribution in [3.05, 3.63) is 48.0 Å². The zero-order chi connectivity index (χ0) is 13.8. The van der Waals surface area contributed by atoms with Gasteiger partial charge < -0.3 is 19.7 Å². The Morgan fingerprint density at radius 1 is 1.26 bits per heavy atom. The minimum atomic E-state index is -0.887. The first kappa shape index (κ1) is 14.2. The molecule has 1 saturated heterocycles. The van der Waals surface area contributed by atoms with E-state index in [0.717, 1.165) is 5.56 Å². The van der Waals surface area contributed by atoms with E-state index in [1.807, 2.05) is 30.3 Å². The lowest BCUT2D eigenvalue weighted by atomic mass is 9.90. The van der Waals surface area contributed by atoms with Crippen LogP contribution in [-0.4, -0.2) is 48.3 Å².